The van der Waals surface area contributed by atoms with E-state index in [2.05, 4.69) is 5.32 Å². The van der Waals surface area contributed by atoms with Gasteiger partial charge in [-0.3, -0.25) is 4.79 Å². The van der Waals surface area contributed by atoms with E-state index in [0.29, 0.717) is 38.5 Å². The van der Waals surface area contributed by atoms with Crippen LogP contribution in [0.1, 0.15) is 19.3 Å². The number of amides is 1. The number of halogens is 2. The molecule has 1 aromatic rings. The molecule has 9 heteroatoms. The Bertz CT molecular complexity index is 716. The number of piperazine rings is 1. The van der Waals surface area contributed by atoms with Crippen LogP contribution in [0.3, 0.4) is 0 Å². The fraction of sp³-hybridized carbons (Fsp3) is 0.588. The van der Waals surface area contributed by atoms with Crippen molar-refractivity contribution in [3.05, 3.63) is 29.3 Å². The van der Waals surface area contributed by atoms with Crippen molar-refractivity contribution in [3.8, 4) is 0 Å². The van der Waals surface area contributed by atoms with Crippen molar-refractivity contribution in [2.24, 2.45) is 5.92 Å². The first kappa shape index (κ1) is 21.4. The first-order valence-electron chi connectivity index (χ1n) is 8.71. The maximum atomic E-state index is 12.7. The lowest BCUT2D eigenvalue weighted by Gasteiger charge is -2.34. The number of nitrogens with one attached hydrogen (secondary N) is 1. The van der Waals surface area contributed by atoms with E-state index in [1.807, 2.05) is 0 Å². The second-order valence-corrected chi connectivity index (χ2v) is 8.93. The quantitative estimate of drug-likeness (QED) is 0.788. The molecule has 6 nitrogen and oxygen atoms in total. The number of rotatable bonds is 5. The zero-order chi connectivity index (χ0) is 17.9. The van der Waals surface area contributed by atoms with E-state index in [1.54, 1.807) is 23.1 Å². The average molecular weight is 422 g/mol. The van der Waals surface area contributed by atoms with Crippen molar-refractivity contribution in [3.63, 3.8) is 0 Å². The zero-order valence-corrected chi connectivity index (χ0v) is 17.0. The minimum Gasteiger partial charge on any atom is -0.340 e. The van der Waals surface area contributed by atoms with Gasteiger partial charge in [-0.25, -0.2) is 8.42 Å². The van der Waals surface area contributed by atoms with E-state index < -0.39 is 10.0 Å². The van der Waals surface area contributed by atoms with Crippen LogP contribution in [-0.4, -0.2) is 62.8 Å². The van der Waals surface area contributed by atoms with E-state index in [0.717, 1.165) is 25.9 Å². The second-order valence-electron chi connectivity index (χ2n) is 6.61. The maximum absolute atomic E-state index is 12.7. The minimum atomic E-state index is -3.61. The Hall–Kier alpha value is -0.860. The minimum absolute atomic E-state index is 0. The first-order chi connectivity index (χ1) is 12.0. The Labute approximate surface area is 166 Å². The van der Waals surface area contributed by atoms with Gasteiger partial charge in [-0.05, 0) is 44.0 Å². The van der Waals surface area contributed by atoms with Crippen molar-refractivity contribution in [1.82, 2.24) is 14.5 Å². The van der Waals surface area contributed by atoms with Crippen LogP contribution < -0.4 is 5.32 Å². The number of carbonyl (C=O) groups excluding carboxylic acids is 1. The Kier molecular flexibility index (Phi) is 7.73. The molecule has 2 saturated heterocycles. The molecule has 3 rings (SSSR count). The fourth-order valence-corrected chi connectivity index (χ4v) is 5.33. The van der Waals surface area contributed by atoms with Gasteiger partial charge >= 0.3 is 0 Å². The van der Waals surface area contributed by atoms with E-state index >= 15 is 0 Å². The summed E-state index contributed by atoms with van der Waals surface area (Å²) in [6, 6.07) is 6.46. The van der Waals surface area contributed by atoms with E-state index in [-0.39, 0.29) is 28.2 Å². The molecule has 0 spiro atoms. The third-order valence-electron chi connectivity index (χ3n) is 4.97. The molecule has 0 bridgehead atoms. The lowest BCUT2D eigenvalue weighted by Crippen LogP contribution is -2.50. The van der Waals surface area contributed by atoms with E-state index in [1.165, 1.54) is 10.4 Å². The molecule has 2 aliphatic heterocycles. The Morgan fingerprint density at radius 3 is 2.50 bits per heavy atom. The second kappa shape index (κ2) is 9.37. The third-order valence-corrected chi connectivity index (χ3v) is 7.37. The molecule has 1 aromatic carbocycles. The molecule has 1 unspecified atom stereocenters. The molecule has 1 amide bonds. The van der Waals surface area contributed by atoms with Crippen molar-refractivity contribution in [2.75, 3.05) is 39.3 Å². The molecule has 2 fully saturated rings. The van der Waals surface area contributed by atoms with Crippen LogP contribution in [0.15, 0.2) is 29.2 Å². The number of nitrogens with zero attached hydrogens (tertiary/aromatic N) is 2. The predicted molar refractivity (Wildman–Crippen MR) is 104 cm³/mol. The number of hydrogen-bond donors (Lipinski definition) is 1. The van der Waals surface area contributed by atoms with E-state index in [9.17, 15) is 13.2 Å². The number of sulfonamides is 1. The highest BCUT2D eigenvalue weighted by atomic mass is 35.5. The summed E-state index contributed by atoms with van der Waals surface area (Å²) in [6.07, 6.45) is 2.59. The number of hydrogen-bond acceptors (Lipinski definition) is 4. The standard InChI is InChI=1S/C17H24ClN3O3S.ClH/c18-15-3-1-2-4-16(15)25(23,24)21-11-9-20(10-12-21)17(22)6-5-14-7-8-19-13-14;/h1-4,14,19H,5-13H2;1H. The molecule has 26 heavy (non-hydrogen) atoms. The van der Waals surface area contributed by atoms with Gasteiger partial charge in [-0.1, -0.05) is 23.7 Å². The van der Waals surface area contributed by atoms with Gasteiger partial charge in [-0.2, -0.15) is 4.31 Å². The zero-order valence-electron chi connectivity index (χ0n) is 14.6. The molecular formula is C17H25Cl2N3O3S. The molecule has 146 valence electrons. The molecule has 1 atom stereocenters. The van der Waals surface area contributed by atoms with Gasteiger partial charge in [0.1, 0.15) is 4.90 Å². The van der Waals surface area contributed by atoms with Crippen molar-refractivity contribution in [1.29, 1.82) is 0 Å². The van der Waals surface area contributed by atoms with Crippen LogP contribution in [0.2, 0.25) is 5.02 Å². The van der Waals surface area contributed by atoms with Crippen LogP contribution in [0.25, 0.3) is 0 Å². The monoisotopic (exact) mass is 421 g/mol. The summed E-state index contributed by atoms with van der Waals surface area (Å²) in [5, 5.41) is 3.54. The Morgan fingerprint density at radius 1 is 1.19 bits per heavy atom. The van der Waals surface area contributed by atoms with Crippen LogP contribution in [0.4, 0.5) is 0 Å². The molecule has 2 heterocycles. The van der Waals surface area contributed by atoms with Crippen LogP contribution in [0.5, 0.6) is 0 Å². The van der Waals surface area contributed by atoms with Gasteiger partial charge < -0.3 is 10.2 Å². The van der Waals surface area contributed by atoms with Gasteiger partial charge in [0, 0.05) is 32.6 Å². The Morgan fingerprint density at radius 2 is 1.88 bits per heavy atom. The van der Waals surface area contributed by atoms with Gasteiger partial charge in [0.05, 0.1) is 5.02 Å². The lowest BCUT2D eigenvalue weighted by molar-refractivity contribution is -0.132. The molecular weight excluding hydrogens is 397 g/mol. The first-order valence-corrected chi connectivity index (χ1v) is 10.5. The van der Waals surface area contributed by atoms with Crippen LogP contribution in [0, 0.1) is 5.92 Å². The molecule has 1 N–H and O–H groups in total. The topological polar surface area (TPSA) is 69.7 Å². The highest BCUT2D eigenvalue weighted by Gasteiger charge is 2.31. The van der Waals surface area contributed by atoms with Gasteiger partial charge in [0.2, 0.25) is 15.9 Å². The Balaban J connectivity index is 0.00000243. The van der Waals surface area contributed by atoms with Crippen molar-refractivity contribution >= 4 is 39.9 Å². The fourth-order valence-electron chi connectivity index (χ4n) is 3.42. The van der Waals surface area contributed by atoms with Gasteiger partial charge in [0.25, 0.3) is 0 Å². The van der Waals surface area contributed by atoms with Crippen LogP contribution in [-0.2, 0) is 14.8 Å². The van der Waals surface area contributed by atoms with E-state index in [4.69, 9.17) is 11.6 Å². The smallest absolute Gasteiger partial charge is 0.244 e. The summed E-state index contributed by atoms with van der Waals surface area (Å²) in [6.45, 7) is 3.53. The molecule has 0 radical (unpaired) electrons. The highest BCUT2D eigenvalue weighted by molar-refractivity contribution is 7.89. The normalized spacial score (nSPS) is 21.4. The maximum Gasteiger partial charge on any atom is 0.244 e. The van der Waals surface area contributed by atoms with Crippen LogP contribution >= 0.6 is 24.0 Å². The van der Waals surface area contributed by atoms with Crippen molar-refractivity contribution in [2.45, 2.75) is 24.2 Å². The molecule has 0 aliphatic carbocycles. The number of benzene rings is 1. The lowest BCUT2D eigenvalue weighted by atomic mass is 10.0. The van der Waals surface area contributed by atoms with Gasteiger partial charge in [-0.15, -0.1) is 12.4 Å². The summed E-state index contributed by atoms with van der Waals surface area (Å²) < 4.78 is 26.8. The largest absolute Gasteiger partial charge is 0.340 e. The average Bonchev–Trinajstić information content (AvgIpc) is 3.13. The summed E-state index contributed by atoms with van der Waals surface area (Å²) in [7, 11) is -3.61. The molecule has 0 saturated carbocycles. The summed E-state index contributed by atoms with van der Waals surface area (Å²) in [5.41, 5.74) is 0. The summed E-state index contributed by atoms with van der Waals surface area (Å²) in [4.78, 5) is 14.3. The van der Waals surface area contributed by atoms with Crippen molar-refractivity contribution < 1.29 is 13.2 Å². The predicted octanol–water partition coefficient (Wildman–Crippen LogP) is 1.98. The summed E-state index contributed by atoms with van der Waals surface area (Å²) in [5.74, 6) is 0.715. The number of carbonyl (C=O) groups is 1. The molecule has 2 aliphatic rings. The van der Waals surface area contributed by atoms with Gasteiger partial charge in [0.15, 0.2) is 0 Å². The highest BCUT2D eigenvalue weighted by Crippen LogP contribution is 2.25. The molecule has 0 aromatic heterocycles. The summed E-state index contributed by atoms with van der Waals surface area (Å²) >= 11 is 6.04. The third kappa shape index (κ3) is 4.89. The SMILES string of the molecule is Cl.O=C(CCC1CCNC1)N1CCN(S(=O)(=O)c2ccccc2Cl)CC1.